The molecule has 0 bridgehead atoms. The lowest BCUT2D eigenvalue weighted by Gasteiger charge is -2.47. The van der Waals surface area contributed by atoms with Crippen LogP contribution in [0.3, 0.4) is 0 Å². The first-order chi connectivity index (χ1) is 16.1. The van der Waals surface area contributed by atoms with Gasteiger partial charge in [0.25, 0.3) is 0 Å². The maximum atomic E-state index is 6.91. The van der Waals surface area contributed by atoms with Crippen LogP contribution in [0.5, 0.6) is 11.5 Å². The normalized spacial score (nSPS) is 19.0. The molecule has 2 aromatic carbocycles. The van der Waals surface area contributed by atoms with E-state index in [0.717, 1.165) is 72.4 Å². The fourth-order valence-electron chi connectivity index (χ4n) is 5.22. The Labute approximate surface area is 199 Å². The van der Waals surface area contributed by atoms with Crippen molar-refractivity contribution in [2.45, 2.75) is 19.9 Å². The quantitative estimate of drug-likeness (QED) is 0.521. The molecule has 33 heavy (non-hydrogen) atoms. The Bertz CT molecular complexity index is 1200. The van der Waals surface area contributed by atoms with E-state index in [4.69, 9.17) is 30.8 Å². The molecule has 2 saturated heterocycles. The van der Waals surface area contributed by atoms with Crippen LogP contribution in [0.25, 0.3) is 22.4 Å². The van der Waals surface area contributed by atoms with Gasteiger partial charge in [0.2, 0.25) is 0 Å². The second-order valence-corrected chi connectivity index (χ2v) is 9.79. The molecule has 3 aromatic rings. The Morgan fingerprint density at radius 1 is 0.970 bits per heavy atom. The van der Waals surface area contributed by atoms with Crippen molar-refractivity contribution in [2.24, 2.45) is 5.41 Å². The highest BCUT2D eigenvalue weighted by atomic mass is 35.5. The first-order valence-corrected chi connectivity index (χ1v) is 11.9. The maximum absolute atomic E-state index is 6.91. The molecule has 0 unspecified atom stereocenters. The number of ether oxygens (including phenoxy) is 3. The number of benzene rings is 2. The van der Waals surface area contributed by atoms with Gasteiger partial charge in [-0.1, -0.05) is 41.9 Å². The first kappa shape index (κ1) is 21.0. The second-order valence-electron chi connectivity index (χ2n) is 9.41. The molecule has 0 radical (unpaired) electrons. The summed E-state index contributed by atoms with van der Waals surface area (Å²) in [7, 11) is 0. The van der Waals surface area contributed by atoms with Crippen LogP contribution in [0.15, 0.2) is 48.5 Å². The molecule has 0 saturated carbocycles. The highest BCUT2D eigenvalue weighted by molar-refractivity contribution is 6.36. The van der Waals surface area contributed by atoms with Crippen LogP contribution >= 0.6 is 11.6 Å². The lowest BCUT2D eigenvalue weighted by Crippen LogP contribution is -2.56. The Morgan fingerprint density at radius 2 is 1.79 bits per heavy atom. The Morgan fingerprint density at radius 3 is 2.58 bits per heavy atom. The molecule has 6 heteroatoms. The third-order valence-corrected chi connectivity index (χ3v) is 7.43. The number of hydrogen-bond donors (Lipinski definition) is 0. The maximum Gasteiger partial charge on any atom is 0.161 e. The van der Waals surface area contributed by atoms with Crippen molar-refractivity contribution in [3.05, 3.63) is 64.8 Å². The first-order valence-electron chi connectivity index (χ1n) is 11.6. The summed E-state index contributed by atoms with van der Waals surface area (Å²) in [5, 5.41) is 0.694. The predicted octanol–water partition coefficient (Wildman–Crippen LogP) is 5.37. The van der Waals surface area contributed by atoms with E-state index in [1.807, 2.05) is 36.4 Å². The molecule has 2 fully saturated rings. The van der Waals surface area contributed by atoms with Gasteiger partial charge in [0.05, 0.1) is 17.3 Å². The molecule has 0 aliphatic carbocycles. The van der Waals surface area contributed by atoms with E-state index in [1.54, 1.807) is 0 Å². The minimum atomic E-state index is 0.406. The standard InChI is InChI=1S/C27H27ClN2O3/c1-18-20(14-30-15-27(16-30)9-10-31-17-27)5-7-23(29-18)22-4-2-3-21(26(22)28)19-6-8-24-25(13-19)33-12-11-32-24/h2-8,13H,9-12,14-17H2,1H3. The van der Waals surface area contributed by atoms with Gasteiger partial charge < -0.3 is 14.2 Å². The SMILES string of the molecule is Cc1nc(-c2cccc(-c3ccc4c(c3)OCCO4)c2Cl)ccc1CN1CC2(CCOC2)C1. The van der Waals surface area contributed by atoms with Crippen molar-refractivity contribution >= 4 is 11.6 Å². The molecule has 1 aromatic heterocycles. The summed E-state index contributed by atoms with van der Waals surface area (Å²) in [6.07, 6.45) is 1.19. The van der Waals surface area contributed by atoms with Crippen LogP contribution in [-0.2, 0) is 11.3 Å². The molecule has 3 aliphatic heterocycles. The molecule has 1 spiro atoms. The third kappa shape index (κ3) is 3.88. The number of nitrogens with zero attached hydrogens (tertiary/aromatic N) is 2. The molecule has 6 rings (SSSR count). The van der Waals surface area contributed by atoms with Crippen LogP contribution < -0.4 is 9.47 Å². The van der Waals surface area contributed by atoms with Gasteiger partial charge in [-0.2, -0.15) is 0 Å². The summed E-state index contributed by atoms with van der Waals surface area (Å²) < 4.78 is 17.0. The minimum absolute atomic E-state index is 0.406. The third-order valence-electron chi connectivity index (χ3n) is 7.02. The average Bonchev–Trinajstić information content (AvgIpc) is 3.30. The highest BCUT2D eigenvalue weighted by Gasteiger charge is 2.45. The summed E-state index contributed by atoms with van der Waals surface area (Å²) in [4.78, 5) is 7.42. The topological polar surface area (TPSA) is 43.8 Å². The van der Waals surface area contributed by atoms with Crippen molar-refractivity contribution < 1.29 is 14.2 Å². The molecular formula is C27H27ClN2O3. The number of rotatable bonds is 4. The van der Waals surface area contributed by atoms with Gasteiger partial charge in [-0.15, -0.1) is 0 Å². The summed E-state index contributed by atoms with van der Waals surface area (Å²) >= 11 is 6.91. The van der Waals surface area contributed by atoms with Crippen LogP contribution in [0.2, 0.25) is 5.02 Å². The zero-order valence-corrected chi connectivity index (χ0v) is 19.5. The number of aryl methyl sites for hydroxylation is 1. The van der Waals surface area contributed by atoms with Crippen molar-refractivity contribution in [1.29, 1.82) is 0 Å². The van der Waals surface area contributed by atoms with Gasteiger partial charge in [0.15, 0.2) is 11.5 Å². The van der Waals surface area contributed by atoms with Crippen molar-refractivity contribution in [3.63, 3.8) is 0 Å². The molecule has 4 heterocycles. The van der Waals surface area contributed by atoms with Crippen molar-refractivity contribution in [2.75, 3.05) is 39.5 Å². The predicted molar refractivity (Wildman–Crippen MR) is 129 cm³/mol. The number of pyridine rings is 1. The number of halogens is 1. The van der Waals surface area contributed by atoms with E-state index in [-0.39, 0.29) is 0 Å². The minimum Gasteiger partial charge on any atom is -0.486 e. The molecular weight excluding hydrogens is 436 g/mol. The van der Waals surface area contributed by atoms with Crippen LogP contribution in [0, 0.1) is 12.3 Å². The van der Waals surface area contributed by atoms with Gasteiger partial charge in [0, 0.05) is 48.5 Å². The van der Waals surface area contributed by atoms with Crippen LogP contribution in [-0.4, -0.2) is 49.4 Å². The van der Waals surface area contributed by atoms with Gasteiger partial charge in [-0.25, -0.2) is 0 Å². The lowest BCUT2D eigenvalue weighted by molar-refractivity contribution is -0.0125. The number of aromatic nitrogens is 1. The van der Waals surface area contributed by atoms with E-state index in [9.17, 15) is 0 Å². The molecule has 5 nitrogen and oxygen atoms in total. The van der Waals surface area contributed by atoms with E-state index >= 15 is 0 Å². The second kappa shape index (κ2) is 8.32. The van der Waals surface area contributed by atoms with Gasteiger partial charge in [-0.3, -0.25) is 9.88 Å². The summed E-state index contributed by atoms with van der Waals surface area (Å²) in [6, 6.07) is 16.3. The van der Waals surface area contributed by atoms with Crippen molar-refractivity contribution in [3.8, 4) is 33.9 Å². The number of hydrogen-bond acceptors (Lipinski definition) is 5. The summed E-state index contributed by atoms with van der Waals surface area (Å²) in [5.41, 5.74) is 6.52. The zero-order chi connectivity index (χ0) is 22.4. The molecule has 170 valence electrons. The number of likely N-dealkylation sites (tertiary alicyclic amines) is 1. The van der Waals surface area contributed by atoms with E-state index < -0.39 is 0 Å². The fraction of sp³-hybridized carbons (Fsp3) is 0.370. The highest BCUT2D eigenvalue weighted by Crippen LogP contribution is 2.41. The van der Waals surface area contributed by atoms with E-state index in [2.05, 4.69) is 24.0 Å². The Balaban J connectivity index is 1.24. The lowest BCUT2D eigenvalue weighted by atomic mass is 9.79. The molecule has 3 aliphatic rings. The molecule has 0 N–H and O–H groups in total. The van der Waals surface area contributed by atoms with E-state index in [1.165, 1.54) is 12.0 Å². The Kier molecular flexibility index (Phi) is 5.28. The van der Waals surface area contributed by atoms with Crippen LogP contribution in [0.4, 0.5) is 0 Å². The summed E-state index contributed by atoms with van der Waals surface area (Å²) in [5.74, 6) is 1.54. The number of fused-ring (bicyclic) bond motifs is 1. The summed E-state index contributed by atoms with van der Waals surface area (Å²) in [6.45, 7) is 8.24. The smallest absolute Gasteiger partial charge is 0.161 e. The molecule has 0 amide bonds. The largest absolute Gasteiger partial charge is 0.486 e. The van der Waals surface area contributed by atoms with E-state index in [0.29, 0.717) is 23.7 Å². The van der Waals surface area contributed by atoms with Crippen molar-refractivity contribution in [1.82, 2.24) is 9.88 Å². The Hall–Kier alpha value is -2.60. The van der Waals surface area contributed by atoms with Crippen LogP contribution in [0.1, 0.15) is 17.7 Å². The average molecular weight is 463 g/mol. The van der Waals surface area contributed by atoms with Gasteiger partial charge in [-0.05, 0) is 42.7 Å². The molecule has 0 atom stereocenters. The van der Waals surface area contributed by atoms with Gasteiger partial charge in [0.1, 0.15) is 13.2 Å². The zero-order valence-electron chi connectivity index (χ0n) is 18.8. The fourth-order valence-corrected chi connectivity index (χ4v) is 5.56. The van der Waals surface area contributed by atoms with Gasteiger partial charge >= 0.3 is 0 Å². The monoisotopic (exact) mass is 462 g/mol.